The van der Waals surface area contributed by atoms with Crippen LogP contribution in [0.15, 0.2) is 18.2 Å². The third kappa shape index (κ3) is 2.53. The molecule has 0 saturated carbocycles. The van der Waals surface area contributed by atoms with E-state index in [0.717, 1.165) is 6.07 Å². The molecule has 1 aromatic carbocycles. The van der Waals surface area contributed by atoms with Crippen molar-refractivity contribution in [2.24, 2.45) is 0 Å². The van der Waals surface area contributed by atoms with E-state index < -0.39 is 17.5 Å². The van der Waals surface area contributed by atoms with Crippen LogP contribution < -0.4 is 10.1 Å². The number of carbonyl (C=O) groups excluding carboxylic acids is 1. The zero-order valence-electron chi connectivity index (χ0n) is 9.05. The van der Waals surface area contributed by atoms with Crippen LogP contribution in [0, 0.1) is 0 Å². The smallest absolute Gasteiger partial charge is 0.408 e. The molecule has 7 heteroatoms. The topological polar surface area (TPSA) is 38.3 Å². The van der Waals surface area contributed by atoms with Gasteiger partial charge in [0.1, 0.15) is 12.4 Å². The Morgan fingerprint density at radius 1 is 1.39 bits per heavy atom. The Kier molecular flexibility index (Phi) is 3.38. The highest BCUT2D eigenvalue weighted by atomic mass is 35.5. The molecule has 0 fully saturated rings. The Morgan fingerprint density at radius 2 is 2.11 bits per heavy atom. The lowest BCUT2D eigenvalue weighted by Gasteiger charge is -2.15. The number of benzene rings is 1. The van der Waals surface area contributed by atoms with E-state index in [4.69, 9.17) is 16.3 Å². The predicted molar refractivity (Wildman–Crippen MR) is 58.9 cm³/mol. The first-order chi connectivity index (χ1) is 8.39. The van der Waals surface area contributed by atoms with E-state index in [2.05, 4.69) is 5.32 Å². The molecule has 0 spiro atoms. The molecule has 1 aromatic rings. The van der Waals surface area contributed by atoms with Crippen LogP contribution in [-0.2, 0) is 0 Å². The normalized spacial score (nSPS) is 17.2. The van der Waals surface area contributed by atoms with E-state index >= 15 is 0 Å². The number of rotatable bonds is 1. The van der Waals surface area contributed by atoms with Crippen LogP contribution in [-0.4, -0.2) is 25.2 Å². The maximum absolute atomic E-state index is 12.5. The number of alkyl halides is 4. The minimum Gasteiger partial charge on any atom is -0.491 e. The summed E-state index contributed by atoms with van der Waals surface area (Å²) in [6, 6.07) is 3.65. The summed E-state index contributed by atoms with van der Waals surface area (Å²) in [6.07, 6.45) is -4.56. The molecule has 3 nitrogen and oxygen atoms in total. The molecule has 0 saturated heterocycles. The minimum atomic E-state index is -4.56. The lowest BCUT2D eigenvalue weighted by molar-refractivity contribution is -0.131. The van der Waals surface area contributed by atoms with Gasteiger partial charge in [0.15, 0.2) is 5.38 Å². The second kappa shape index (κ2) is 4.68. The Morgan fingerprint density at radius 3 is 2.78 bits per heavy atom. The van der Waals surface area contributed by atoms with E-state index in [9.17, 15) is 18.0 Å². The number of hydrogen-bond acceptors (Lipinski definition) is 2. The molecule has 98 valence electrons. The molecular weight excluding hydrogens is 271 g/mol. The molecular formula is C11H9ClF3NO2. The van der Waals surface area contributed by atoms with Crippen LogP contribution in [0.4, 0.5) is 13.2 Å². The van der Waals surface area contributed by atoms with Crippen molar-refractivity contribution in [2.75, 3.05) is 13.2 Å². The summed E-state index contributed by atoms with van der Waals surface area (Å²) >= 11 is 5.32. The highest BCUT2D eigenvalue weighted by molar-refractivity contribution is 6.21. The number of ether oxygens (including phenoxy) is 1. The van der Waals surface area contributed by atoms with Gasteiger partial charge >= 0.3 is 6.18 Å². The fraction of sp³-hybridized carbons (Fsp3) is 0.364. The zero-order chi connectivity index (χ0) is 13.3. The van der Waals surface area contributed by atoms with Gasteiger partial charge in [0.25, 0.3) is 5.91 Å². The quantitative estimate of drug-likeness (QED) is 0.803. The number of halogens is 4. The third-order valence-corrected chi connectivity index (χ3v) is 2.97. The maximum atomic E-state index is 12.5. The van der Waals surface area contributed by atoms with Gasteiger partial charge in [0.2, 0.25) is 0 Å². The molecule has 0 aliphatic carbocycles. The number of hydrogen-bond donors (Lipinski definition) is 1. The minimum absolute atomic E-state index is 0.0694. The van der Waals surface area contributed by atoms with Gasteiger partial charge in [-0.05, 0) is 17.7 Å². The second-order valence-corrected chi connectivity index (χ2v) is 4.20. The van der Waals surface area contributed by atoms with Crippen LogP contribution in [0.1, 0.15) is 21.3 Å². The number of fused-ring (bicyclic) bond motifs is 1. The Bertz CT molecular complexity index is 476. The summed E-state index contributed by atoms with van der Waals surface area (Å²) in [7, 11) is 0. The van der Waals surface area contributed by atoms with Gasteiger partial charge in [-0.2, -0.15) is 13.2 Å². The number of carbonyl (C=O) groups is 1. The highest BCUT2D eigenvalue weighted by Crippen LogP contribution is 2.39. The molecule has 18 heavy (non-hydrogen) atoms. The predicted octanol–water partition coefficient (Wildman–Crippen LogP) is 2.65. The Balaban J connectivity index is 2.40. The van der Waals surface area contributed by atoms with Crippen molar-refractivity contribution in [1.29, 1.82) is 0 Å². The summed E-state index contributed by atoms with van der Waals surface area (Å²) in [5, 5.41) is 0.377. The fourth-order valence-electron chi connectivity index (χ4n) is 1.62. The van der Waals surface area contributed by atoms with Crippen LogP contribution in [0.3, 0.4) is 0 Å². The lowest BCUT2D eigenvalue weighted by Crippen LogP contribution is -2.24. The van der Waals surface area contributed by atoms with E-state index in [-0.39, 0.29) is 23.5 Å². The monoisotopic (exact) mass is 279 g/mol. The van der Waals surface area contributed by atoms with Crippen molar-refractivity contribution in [2.45, 2.75) is 11.6 Å². The van der Waals surface area contributed by atoms with Gasteiger partial charge in [-0.1, -0.05) is 6.07 Å². The first kappa shape index (κ1) is 13.0. The van der Waals surface area contributed by atoms with Gasteiger partial charge < -0.3 is 10.1 Å². The highest BCUT2D eigenvalue weighted by Gasteiger charge is 2.39. The molecule has 1 unspecified atom stereocenters. The van der Waals surface area contributed by atoms with Crippen LogP contribution >= 0.6 is 11.6 Å². The van der Waals surface area contributed by atoms with Crippen molar-refractivity contribution in [3.63, 3.8) is 0 Å². The Labute approximate surface area is 106 Å². The molecule has 0 radical (unpaired) electrons. The molecule has 1 amide bonds. The summed E-state index contributed by atoms with van der Waals surface area (Å²) in [5.41, 5.74) is -0.108. The number of amides is 1. The fourth-order valence-corrected chi connectivity index (χ4v) is 1.75. The lowest BCUT2D eigenvalue weighted by atomic mass is 10.1. The van der Waals surface area contributed by atoms with E-state index in [1.54, 1.807) is 0 Å². The maximum Gasteiger partial charge on any atom is 0.408 e. The van der Waals surface area contributed by atoms with E-state index in [1.165, 1.54) is 12.1 Å². The summed E-state index contributed by atoms with van der Waals surface area (Å²) in [6.45, 7) is 0.591. The van der Waals surface area contributed by atoms with Crippen molar-refractivity contribution in [3.8, 4) is 5.75 Å². The van der Waals surface area contributed by atoms with E-state index in [0.29, 0.717) is 6.54 Å². The van der Waals surface area contributed by atoms with Gasteiger partial charge in [-0.3, -0.25) is 4.79 Å². The first-order valence-electron chi connectivity index (χ1n) is 5.15. The van der Waals surface area contributed by atoms with Gasteiger partial charge in [-0.25, -0.2) is 0 Å². The van der Waals surface area contributed by atoms with E-state index in [1.807, 2.05) is 0 Å². The van der Waals surface area contributed by atoms with Crippen molar-refractivity contribution in [3.05, 3.63) is 29.3 Å². The standard InChI is InChI=1S/C11H9ClF3NO2/c12-9(11(13,14)15)6-1-2-8-7(5-6)10(17)16-3-4-18-8/h1-2,5,9H,3-4H2,(H,16,17). The molecule has 0 bridgehead atoms. The van der Waals surface area contributed by atoms with Crippen molar-refractivity contribution < 1.29 is 22.7 Å². The van der Waals surface area contributed by atoms with Gasteiger partial charge in [0, 0.05) is 0 Å². The molecule has 1 atom stereocenters. The molecule has 1 heterocycles. The molecule has 0 aromatic heterocycles. The average molecular weight is 280 g/mol. The van der Waals surface area contributed by atoms with Crippen LogP contribution in [0.5, 0.6) is 5.75 Å². The second-order valence-electron chi connectivity index (χ2n) is 3.76. The van der Waals surface area contributed by atoms with Crippen LogP contribution in [0.25, 0.3) is 0 Å². The summed E-state index contributed by atoms with van der Waals surface area (Å²) < 4.78 is 42.7. The SMILES string of the molecule is O=C1NCCOc2ccc(C(Cl)C(F)(F)F)cc21. The molecule has 1 aliphatic heterocycles. The van der Waals surface area contributed by atoms with Crippen molar-refractivity contribution >= 4 is 17.5 Å². The molecule has 1 aliphatic rings. The first-order valence-corrected chi connectivity index (χ1v) is 5.59. The average Bonchev–Trinajstić information content (AvgIpc) is 2.49. The largest absolute Gasteiger partial charge is 0.491 e. The summed E-state index contributed by atoms with van der Waals surface area (Å²) in [5.74, 6) is -0.199. The number of nitrogens with one attached hydrogen (secondary N) is 1. The summed E-state index contributed by atoms with van der Waals surface area (Å²) in [4.78, 5) is 11.6. The van der Waals surface area contributed by atoms with Crippen LogP contribution in [0.2, 0.25) is 0 Å². The molecule has 1 N–H and O–H groups in total. The third-order valence-electron chi connectivity index (χ3n) is 2.47. The van der Waals surface area contributed by atoms with Crippen molar-refractivity contribution in [1.82, 2.24) is 5.32 Å². The zero-order valence-corrected chi connectivity index (χ0v) is 9.81. The van der Waals surface area contributed by atoms with Gasteiger partial charge in [0.05, 0.1) is 12.1 Å². The Hall–Kier alpha value is -1.43. The molecule has 2 rings (SSSR count). The van der Waals surface area contributed by atoms with Gasteiger partial charge in [-0.15, -0.1) is 11.6 Å².